The minimum absolute atomic E-state index is 0.523. The number of anilines is 3. The van der Waals surface area contributed by atoms with Gasteiger partial charge in [0.1, 0.15) is 11.5 Å². The number of para-hydroxylation sites is 2. The molecule has 10 aromatic rings. The Morgan fingerprint density at radius 2 is 0.852 bits per heavy atom. The highest BCUT2D eigenvalue weighted by Gasteiger charge is 2.46. The molecule has 61 heavy (non-hydrogen) atoms. The maximum absolute atomic E-state index is 6.65. The summed E-state index contributed by atoms with van der Waals surface area (Å²) in [5, 5.41) is 2.34. The van der Waals surface area contributed by atoms with Crippen molar-refractivity contribution in [3.63, 3.8) is 0 Å². The van der Waals surface area contributed by atoms with Gasteiger partial charge in [0, 0.05) is 33.8 Å². The van der Waals surface area contributed by atoms with Crippen LogP contribution in [0, 0.1) is 0 Å². The normalized spacial score (nSPS) is 12.9. The van der Waals surface area contributed by atoms with Gasteiger partial charge in [-0.15, -0.1) is 0 Å². The smallest absolute Gasteiger partial charge is 0.135 e. The van der Waals surface area contributed by atoms with Crippen molar-refractivity contribution in [2.45, 2.75) is 5.41 Å². The summed E-state index contributed by atoms with van der Waals surface area (Å²) < 4.78 is 6.65. The molecule has 0 fully saturated rings. The maximum atomic E-state index is 6.65. The van der Waals surface area contributed by atoms with Gasteiger partial charge >= 0.3 is 0 Å². The van der Waals surface area contributed by atoms with E-state index in [4.69, 9.17) is 4.74 Å². The van der Waals surface area contributed by atoms with Crippen molar-refractivity contribution in [1.82, 2.24) is 0 Å². The van der Waals surface area contributed by atoms with Crippen molar-refractivity contribution < 1.29 is 4.74 Å². The predicted octanol–water partition coefficient (Wildman–Crippen LogP) is 15.8. The minimum Gasteiger partial charge on any atom is -0.456 e. The molecule has 0 radical (unpaired) electrons. The molecular formula is C59H39NO. The van der Waals surface area contributed by atoms with E-state index in [0.717, 1.165) is 45.3 Å². The lowest BCUT2D eigenvalue weighted by Gasteiger charge is -2.35. The maximum Gasteiger partial charge on any atom is 0.135 e. The summed E-state index contributed by atoms with van der Waals surface area (Å²) >= 11 is 0. The molecule has 2 nitrogen and oxygen atoms in total. The second-order valence-electron chi connectivity index (χ2n) is 16.0. The van der Waals surface area contributed by atoms with Crippen LogP contribution >= 0.6 is 0 Å². The van der Waals surface area contributed by atoms with Crippen LogP contribution < -0.4 is 9.64 Å². The van der Waals surface area contributed by atoms with Crippen LogP contribution in [0.15, 0.2) is 237 Å². The molecule has 0 N–H and O–H groups in total. The monoisotopic (exact) mass is 777 g/mol. The van der Waals surface area contributed by atoms with Gasteiger partial charge in [-0.1, -0.05) is 188 Å². The Balaban J connectivity index is 1.11. The average molecular weight is 778 g/mol. The molecule has 0 saturated heterocycles. The largest absolute Gasteiger partial charge is 0.456 e. The summed E-state index contributed by atoms with van der Waals surface area (Å²) in [4.78, 5) is 2.43. The molecule has 0 saturated carbocycles. The van der Waals surface area contributed by atoms with Crippen LogP contribution in [0.3, 0.4) is 0 Å². The molecule has 10 aromatic carbocycles. The SMILES string of the molecule is c1ccc(-c2ccc(N(c3cccc(C4(c5ccccc5)c5ccccc5-c5ccccc54)c3)c3ccc4ccc5c(c4c3)-c3ccccc3Oc3ccccc3-5)cc2)cc1. The van der Waals surface area contributed by atoms with E-state index in [0.29, 0.717) is 0 Å². The summed E-state index contributed by atoms with van der Waals surface area (Å²) in [6.07, 6.45) is 0. The Morgan fingerprint density at radius 3 is 1.57 bits per heavy atom. The second-order valence-corrected chi connectivity index (χ2v) is 16.0. The van der Waals surface area contributed by atoms with Crippen LogP contribution in [0.25, 0.3) is 55.3 Å². The quantitative estimate of drug-likeness (QED) is 0.167. The highest BCUT2D eigenvalue weighted by Crippen LogP contribution is 2.57. The van der Waals surface area contributed by atoms with E-state index in [-0.39, 0.29) is 0 Å². The fraction of sp³-hybridized carbons (Fsp3) is 0.0169. The second kappa shape index (κ2) is 14.1. The molecule has 0 amide bonds. The zero-order valence-electron chi connectivity index (χ0n) is 33.4. The number of fused-ring (bicyclic) bond motifs is 10. The molecule has 0 aromatic heterocycles. The first-order valence-corrected chi connectivity index (χ1v) is 21.0. The Hall–Kier alpha value is -7.94. The lowest BCUT2D eigenvalue weighted by atomic mass is 9.67. The van der Waals surface area contributed by atoms with Crippen LogP contribution in [0.5, 0.6) is 11.5 Å². The fourth-order valence-electron chi connectivity index (χ4n) is 10.1. The van der Waals surface area contributed by atoms with Crippen LogP contribution in [-0.2, 0) is 5.41 Å². The summed E-state index contributed by atoms with van der Waals surface area (Å²) in [6, 6.07) is 86.1. The number of rotatable bonds is 6. The molecular weight excluding hydrogens is 739 g/mol. The van der Waals surface area contributed by atoms with Crippen molar-refractivity contribution in [1.29, 1.82) is 0 Å². The zero-order chi connectivity index (χ0) is 40.3. The van der Waals surface area contributed by atoms with Crippen molar-refractivity contribution >= 4 is 27.8 Å². The third kappa shape index (κ3) is 5.50. The summed E-state index contributed by atoms with van der Waals surface area (Å²) in [5.74, 6) is 1.72. The van der Waals surface area contributed by atoms with Crippen LogP contribution in [0.4, 0.5) is 17.1 Å². The van der Waals surface area contributed by atoms with Gasteiger partial charge in [0.2, 0.25) is 0 Å². The lowest BCUT2D eigenvalue weighted by Crippen LogP contribution is -2.28. The van der Waals surface area contributed by atoms with Gasteiger partial charge in [-0.2, -0.15) is 0 Å². The first-order chi connectivity index (χ1) is 30.3. The molecule has 0 spiro atoms. The van der Waals surface area contributed by atoms with Gasteiger partial charge in [-0.25, -0.2) is 0 Å². The highest BCUT2D eigenvalue weighted by molar-refractivity contribution is 6.08. The van der Waals surface area contributed by atoms with E-state index in [9.17, 15) is 0 Å². The molecule has 0 unspecified atom stereocenters. The molecule has 2 heteroatoms. The number of nitrogens with zero attached hydrogens (tertiary/aromatic N) is 1. The van der Waals surface area contributed by atoms with Crippen molar-refractivity contribution in [3.8, 4) is 56.0 Å². The van der Waals surface area contributed by atoms with Crippen LogP contribution in [0.2, 0.25) is 0 Å². The first kappa shape index (κ1) is 35.0. The highest BCUT2D eigenvalue weighted by atomic mass is 16.5. The van der Waals surface area contributed by atoms with Gasteiger partial charge in [0.05, 0.1) is 5.41 Å². The van der Waals surface area contributed by atoms with Gasteiger partial charge in [0.25, 0.3) is 0 Å². The summed E-state index contributed by atoms with van der Waals surface area (Å²) in [5.41, 5.74) is 17.2. The summed E-state index contributed by atoms with van der Waals surface area (Å²) in [6.45, 7) is 0. The number of hydrogen-bond acceptors (Lipinski definition) is 2. The van der Waals surface area contributed by atoms with Crippen LogP contribution in [-0.4, -0.2) is 0 Å². The van der Waals surface area contributed by atoms with Gasteiger partial charge in [0.15, 0.2) is 0 Å². The Bertz CT molecular complexity index is 3230. The Morgan fingerprint density at radius 1 is 0.328 bits per heavy atom. The number of hydrogen-bond donors (Lipinski definition) is 0. The molecule has 1 aliphatic heterocycles. The van der Waals surface area contributed by atoms with Gasteiger partial charge in [-0.05, 0) is 109 Å². The van der Waals surface area contributed by atoms with Gasteiger partial charge < -0.3 is 9.64 Å². The van der Waals surface area contributed by atoms with Crippen molar-refractivity contribution in [2.75, 3.05) is 4.90 Å². The predicted molar refractivity (Wildman–Crippen MR) is 252 cm³/mol. The Kier molecular flexibility index (Phi) is 8.11. The van der Waals surface area contributed by atoms with Gasteiger partial charge in [-0.3, -0.25) is 0 Å². The van der Waals surface area contributed by atoms with E-state index < -0.39 is 5.41 Å². The summed E-state index contributed by atoms with van der Waals surface area (Å²) in [7, 11) is 0. The molecule has 0 bridgehead atoms. The van der Waals surface area contributed by atoms with Crippen molar-refractivity contribution in [3.05, 3.63) is 259 Å². The fourth-order valence-corrected chi connectivity index (χ4v) is 10.1. The van der Waals surface area contributed by atoms with E-state index in [1.807, 2.05) is 6.07 Å². The molecule has 2 aliphatic rings. The van der Waals surface area contributed by atoms with E-state index in [1.165, 1.54) is 60.8 Å². The lowest BCUT2D eigenvalue weighted by molar-refractivity contribution is 0.488. The molecule has 1 aliphatic carbocycles. The van der Waals surface area contributed by atoms with E-state index >= 15 is 0 Å². The van der Waals surface area contributed by atoms with Crippen LogP contribution in [0.1, 0.15) is 22.3 Å². The van der Waals surface area contributed by atoms with E-state index in [2.05, 4.69) is 235 Å². The Labute approximate surface area is 356 Å². The molecule has 12 rings (SSSR count). The minimum atomic E-state index is -0.523. The number of ether oxygens (including phenoxy) is 1. The standard InChI is InChI=1S/C59H39NO/c1-3-16-40(17-4-1)41-30-34-45(35-31-41)60(47-36-32-42-33-37-51-50-24-9-13-28-56(50)61-57-29-14-10-25-52(57)58(51)53(42)39-47)46-21-15-20-44(38-46)59(43-18-5-2-6-19-43)54-26-11-7-22-48(54)49-23-8-12-27-55(49)59/h1-39H. The first-order valence-electron chi connectivity index (χ1n) is 21.0. The average Bonchev–Trinajstić information content (AvgIpc) is 3.55. The number of benzene rings is 10. The third-order valence-corrected chi connectivity index (χ3v) is 12.7. The zero-order valence-corrected chi connectivity index (χ0v) is 33.4. The van der Waals surface area contributed by atoms with Crippen molar-refractivity contribution in [2.24, 2.45) is 0 Å². The molecule has 0 atom stereocenters. The molecule has 286 valence electrons. The third-order valence-electron chi connectivity index (χ3n) is 12.7. The molecule has 1 heterocycles. The van der Waals surface area contributed by atoms with E-state index in [1.54, 1.807) is 0 Å². The topological polar surface area (TPSA) is 12.5 Å².